The minimum atomic E-state index is -1.14. The van der Waals surface area contributed by atoms with Crippen LogP contribution in [0.4, 0.5) is 0 Å². The predicted octanol–water partition coefficient (Wildman–Crippen LogP) is -0.589. The van der Waals surface area contributed by atoms with Gasteiger partial charge in [-0.25, -0.2) is 4.79 Å². The summed E-state index contributed by atoms with van der Waals surface area (Å²) < 4.78 is 0. The topological polar surface area (TPSA) is 177 Å². The summed E-state index contributed by atoms with van der Waals surface area (Å²) in [6, 6.07) is -3.62. The van der Waals surface area contributed by atoms with Crippen LogP contribution in [0.15, 0.2) is 0 Å². The van der Waals surface area contributed by atoms with Crippen LogP contribution >= 0.6 is 11.8 Å². The van der Waals surface area contributed by atoms with E-state index >= 15 is 0 Å². The van der Waals surface area contributed by atoms with Crippen LogP contribution < -0.4 is 27.4 Å². The third-order valence-corrected chi connectivity index (χ3v) is 5.17. The minimum absolute atomic E-state index is 0.247. The summed E-state index contributed by atoms with van der Waals surface area (Å²) in [5.74, 6) is -2.30. The summed E-state index contributed by atoms with van der Waals surface area (Å²) in [4.78, 5) is 48.6. The smallest absolute Gasteiger partial charge is 0.326 e. The summed E-state index contributed by atoms with van der Waals surface area (Å²) >= 11 is 1.57. The maximum absolute atomic E-state index is 12.6. The molecule has 0 heterocycles. The molecule has 0 spiro atoms. The molecule has 3 amide bonds. The van der Waals surface area contributed by atoms with E-state index in [0.29, 0.717) is 25.8 Å². The first-order valence-corrected chi connectivity index (χ1v) is 11.5. The van der Waals surface area contributed by atoms with E-state index in [-0.39, 0.29) is 12.3 Å². The second kappa shape index (κ2) is 15.0. The van der Waals surface area contributed by atoms with Crippen molar-refractivity contribution in [3.63, 3.8) is 0 Å². The van der Waals surface area contributed by atoms with Gasteiger partial charge in [0.25, 0.3) is 0 Å². The molecule has 0 rings (SSSR count). The zero-order valence-corrected chi connectivity index (χ0v) is 19.1. The largest absolute Gasteiger partial charge is 0.480 e. The first-order chi connectivity index (χ1) is 14.0. The van der Waals surface area contributed by atoms with E-state index in [1.807, 2.05) is 6.26 Å². The Hall–Kier alpha value is -1.85. The van der Waals surface area contributed by atoms with E-state index in [2.05, 4.69) is 16.0 Å². The molecule has 4 unspecified atom stereocenters. The highest BCUT2D eigenvalue weighted by Crippen LogP contribution is 2.06. The SMILES string of the molecule is CSCCC(N)C(=O)NC(C)C(=O)NC(C(=O)NC(CCCCN)C(=O)O)C(C)C. The standard InChI is InChI=1S/C19H37N5O5S/c1-11(2)15(18(27)23-14(19(28)29)7-5-6-9-20)24-16(25)12(3)22-17(26)13(21)8-10-30-4/h11-15H,5-10,20-21H2,1-4H3,(H,22,26)(H,23,27)(H,24,25)(H,28,29). The number of carboxylic acids is 1. The van der Waals surface area contributed by atoms with Crippen LogP contribution in [-0.4, -0.2) is 71.5 Å². The Morgan fingerprint density at radius 2 is 1.57 bits per heavy atom. The van der Waals surface area contributed by atoms with Crippen molar-refractivity contribution in [2.24, 2.45) is 17.4 Å². The van der Waals surface area contributed by atoms with Gasteiger partial charge in [0.15, 0.2) is 0 Å². The number of aliphatic carboxylic acids is 1. The zero-order chi connectivity index (χ0) is 23.3. The van der Waals surface area contributed by atoms with Crippen molar-refractivity contribution in [3.05, 3.63) is 0 Å². The van der Waals surface area contributed by atoms with Crippen molar-refractivity contribution in [1.29, 1.82) is 0 Å². The molecule has 0 aromatic heterocycles. The highest BCUT2D eigenvalue weighted by molar-refractivity contribution is 7.98. The number of thioether (sulfide) groups is 1. The van der Waals surface area contributed by atoms with Crippen LogP contribution in [0.2, 0.25) is 0 Å². The van der Waals surface area contributed by atoms with Gasteiger partial charge in [-0.05, 0) is 57.1 Å². The average Bonchev–Trinajstić information content (AvgIpc) is 2.68. The second-order valence-electron chi connectivity index (χ2n) is 7.53. The average molecular weight is 448 g/mol. The van der Waals surface area contributed by atoms with Crippen molar-refractivity contribution in [2.75, 3.05) is 18.6 Å². The van der Waals surface area contributed by atoms with E-state index in [1.54, 1.807) is 25.6 Å². The number of hydrogen-bond acceptors (Lipinski definition) is 7. The molecule has 30 heavy (non-hydrogen) atoms. The van der Waals surface area contributed by atoms with E-state index in [4.69, 9.17) is 11.5 Å². The first kappa shape index (κ1) is 28.1. The fourth-order valence-electron chi connectivity index (χ4n) is 2.59. The lowest BCUT2D eigenvalue weighted by atomic mass is 10.0. The molecular formula is C19H37N5O5S. The van der Waals surface area contributed by atoms with Crippen molar-refractivity contribution < 1.29 is 24.3 Å². The van der Waals surface area contributed by atoms with Gasteiger partial charge in [-0.15, -0.1) is 0 Å². The van der Waals surface area contributed by atoms with E-state index in [0.717, 1.165) is 5.75 Å². The first-order valence-electron chi connectivity index (χ1n) is 10.1. The quantitative estimate of drug-likeness (QED) is 0.180. The van der Waals surface area contributed by atoms with E-state index < -0.39 is 47.9 Å². The maximum Gasteiger partial charge on any atom is 0.326 e. The maximum atomic E-state index is 12.6. The van der Waals surface area contributed by atoms with Crippen LogP contribution in [-0.2, 0) is 19.2 Å². The second-order valence-corrected chi connectivity index (χ2v) is 8.52. The molecule has 4 atom stereocenters. The Morgan fingerprint density at radius 3 is 2.07 bits per heavy atom. The third-order valence-electron chi connectivity index (χ3n) is 4.53. The van der Waals surface area contributed by atoms with Crippen molar-refractivity contribution in [3.8, 4) is 0 Å². The number of carbonyl (C=O) groups is 4. The molecule has 174 valence electrons. The molecular weight excluding hydrogens is 410 g/mol. The number of carboxylic acid groups (broad SMARTS) is 1. The molecule has 10 nitrogen and oxygen atoms in total. The predicted molar refractivity (Wildman–Crippen MR) is 118 cm³/mol. The normalized spacial score (nSPS) is 15.0. The van der Waals surface area contributed by atoms with Gasteiger partial charge >= 0.3 is 5.97 Å². The number of hydrogen-bond donors (Lipinski definition) is 6. The number of amides is 3. The Balaban J connectivity index is 4.91. The fraction of sp³-hybridized carbons (Fsp3) is 0.789. The summed E-state index contributed by atoms with van der Waals surface area (Å²) in [5.41, 5.74) is 11.2. The number of carbonyl (C=O) groups excluding carboxylic acids is 3. The summed E-state index contributed by atoms with van der Waals surface area (Å²) in [6.07, 6.45) is 3.86. The van der Waals surface area contributed by atoms with Gasteiger partial charge in [0.05, 0.1) is 6.04 Å². The van der Waals surface area contributed by atoms with Crippen molar-refractivity contribution in [2.45, 2.75) is 70.6 Å². The summed E-state index contributed by atoms with van der Waals surface area (Å²) in [7, 11) is 0. The Labute approximate surface area is 182 Å². The Kier molecular flexibility index (Phi) is 14.1. The summed E-state index contributed by atoms with van der Waals surface area (Å²) in [5, 5.41) is 16.9. The molecule has 0 aromatic carbocycles. The van der Waals surface area contributed by atoms with E-state index in [1.165, 1.54) is 6.92 Å². The lowest BCUT2D eigenvalue weighted by Gasteiger charge is -2.26. The number of nitrogens with two attached hydrogens (primary N) is 2. The highest BCUT2D eigenvalue weighted by Gasteiger charge is 2.30. The molecule has 0 fully saturated rings. The molecule has 0 saturated heterocycles. The van der Waals surface area contributed by atoms with Crippen LogP contribution in [0.3, 0.4) is 0 Å². The fourth-order valence-corrected chi connectivity index (χ4v) is 3.08. The number of nitrogens with one attached hydrogen (secondary N) is 3. The number of rotatable bonds is 15. The van der Waals surface area contributed by atoms with Gasteiger partial charge in [0.2, 0.25) is 17.7 Å². The van der Waals surface area contributed by atoms with Gasteiger partial charge in [0, 0.05) is 0 Å². The lowest BCUT2D eigenvalue weighted by Crippen LogP contribution is -2.57. The third kappa shape index (κ3) is 10.8. The molecule has 11 heteroatoms. The van der Waals surface area contributed by atoms with Gasteiger partial charge in [-0.2, -0.15) is 11.8 Å². The number of unbranched alkanes of at least 4 members (excludes halogenated alkanes) is 1. The molecule has 0 aliphatic heterocycles. The monoisotopic (exact) mass is 447 g/mol. The van der Waals surface area contributed by atoms with Gasteiger partial charge in [-0.1, -0.05) is 13.8 Å². The van der Waals surface area contributed by atoms with Crippen molar-refractivity contribution >= 4 is 35.5 Å². The molecule has 0 aliphatic rings. The molecule has 0 radical (unpaired) electrons. The van der Waals surface area contributed by atoms with Gasteiger partial charge < -0.3 is 32.5 Å². The van der Waals surface area contributed by atoms with Gasteiger partial charge in [0.1, 0.15) is 18.1 Å². The molecule has 0 aliphatic carbocycles. The Bertz CT molecular complexity index is 576. The highest BCUT2D eigenvalue weighted by atomic mass is 32.2. The zero-order valence-electron chi connectivity index (χ0n) is 18.3. The Morgan fingerprint density at radius 1 is 0.933 bits per heavy atom. The molecule has 8 N–H and O–H groups in total. The molecule has 0 saturated carbocycles. The van der Waals surface area contributed by atoms with Crippen LogP contribution in [0.25, 0.3) is 0 Å². The van der Waals surface area contributed by atoms with Crippen LogP contribution in [0, 0.1) is 5.92 Å². The molecule has 0 aromatic rings. The van der Waals surface area contributed by atoms with Crippen LogP contribution in [0.1, 0.15) is 46.5 Å². The van der Waals surface area contributed by atoms with Crippen LogP contribution in [0.5, 0.6) is 0 Å². The summed E-state index contributed by atoms with van der Waals surface area (Å²) in [6.45, 7) is 5.40. The lowest BCUT2D eigenvalue weighted by molar-refractivity contribution is -0.142. The van der Waals surface area contributed by atoms with Crippen molar-refractivity contribution in [1.82, 2.24) is 16.0 Å². The van der Waals surface area contributed by atoms with Gasteiger partial charge in [-0.3, -0.25) is 14.4 Å². The molecule has 0 bridgehead atoms. The minimum Gasteiger partial charge on any atom is -0.480 e. The van der Waals surface area contributed by atoms with E-state index in [9.17, 15) is 24.3 Å².